The van der Waals surface area contributed by atoms with Gasteiger partial charge < -0.3 is 9.73 Å². The molecule has 0 bridgehead atoms. The molecule has 2 aromatic carbocycles. The molecule has 0 aliphatic carbocycles. The third kappa shape index (κ3) is 2.35. The average molecular weight is 265 g/mol. The third-order valence-corrected chi connectivity index (χ3v) is 3.76. The summed E-state index contributed by atoms with van der Waals surface area (Å²) in [5, 5.41) is 5.76. The molecule has 3 aromatic rings. The summed E-state index contributed by atoms with van der Waals surface area (Å²) in [6.07, 6.45) is 1.02. The summed E-state index contributed by atoms with van der Waals surface area (Å²) in [6.45, 7) is 2.15. The average Bonchev–Trinajstić information content (AvgIpc) is 2.98. The highest BCUT2D eigenvalue weighted by Crippen LogP contribution is 2.28. The third-order valence-electron chi connectivity index (χ3n) is 3.76. The normalized spacial score (nSPS) is 12.7. The molecular formula is C18H19NO. The van der Waals surface area contributed by atoms with Crippen LogP contribution in [-0.4, -0.2) is 7.05 Å². The van der Waals surface area contributed by atoms with Gasteiger partial charge in [-0.15, -0.1) is 0 Å². The first kappa shape index (κ1) is 12.9. The van der Waals surface area contributed by atoms with Crippen LogP contribution in [0.2, 0.25) is 0 Å². The lowest BCUT2D eigenvalue weighted by molar-refractivity contribution is 0.431. The van der Waals surface area contributed by atoms with E-state index in [9.17, 15) is 0 Å². The van der Waals surface area contributed by atoms with Crippen molar-refractivity contribution in [2.24, 2.45) is 0 Å². The predicted molar refractivity (Wildman–Crippen MR) is 83.7 cm³/mol. The van der Waals surface area contributed by atoms with E-state index in [1.54, 1.807) is 0 Å². The second-order valence-electron chi connectivity index (χ2n) is 5.01. The van der Waals surface area contributed by atoms with Gasteiger partial charge in [0, 0.05) is 5.56 Å². The Bertz CT molecular complexity index is 710. The molecule has 1 unspecified atom stereocenters. The topological polar surface area (TPSA) is 25.2 Å². The number of benzene rings is 2. The van der Waals surface area contributed by atoms with Crippen LogP contribution in [0.5, 0.6) is 0 Å². The summed E-state index contributed by atoms with van der Waals surface area (Å²) in [7, 11) is 1.96. The van der Waals surface area contributed by atoms with Crippen LogP contribution in [0.3, 0.4) is 0 Å². The molecule has 0 spiro atoms. The number of hydrogen-bond acceptors (Lipinski definition) is 2. The van der Waals surface area contributed by atoms with Crippen LogP contribution in [0.15, 0.2) is 59.0 Å². The first-order valence-corrected chi connectivity index (χ1v) is 7.08. The molecule has 0 saturated carbocycles. The standard InChI is InChI=1S/C18H19NO/c1-3-16(19-2)18-11-10-17(20-18)15-9-8-13-6-4-5-7-14(13)12-15/h4-12,16,19H,3H2,1-2H3. The van der Waals surface area contributed by atoms with E-state index in [0.29, 0.717) is 0 Å². The number of fused-ring (bicyclic) bond motifs is 1. The fourth-order valence-corrected chi connectivity index (χ4v) is 2.59. The first-order chi connectivity index (χ1) is 9.81. The molecule has 1 heterocycles. The van der Waals surface area contributed by atoms with Crippen molar-refractivity contribution >= 4 is 10.8 Å². The van der Waals surface area contributed by atoms with Gasteiger partial charge in [-0.3, -0.25) is 0 Å². The maximum Gasteiger partial charge on any atom is 0.134 e. The summed E-state index contributed by atoms with van der Waals surface area (Å²) in [6, 6.07) is 19.2. The molecule has 2 nitrogen and oxygen atoms in total. The van der Waals surface area contributed by atoms with Crippen LogP contribution < -0.4 is 5.32 Å². The van der Waals surface area contributed by atoms with Crippen molar-refractivity contribution in [3.8, 4) is 11.3 Å². The number of hydrogen-bond donors (Lipinski definition) is 1. The first-order valence-electron chi connectivity index (χ1n) is 7.08. The Morgan fingerprint density at radius 1 is 1.00 bits per heavy atom. The van der Waals surface area contributed by atoms with E-state index in [0.717, 1.165) is 23.5 Å². The van der Waals surface area contributed by atoms with Gasteiger partial charge in [0.05, 0.1) is 6.04 Å². The fourth-order valence-electron chi connectivity index (χ4n) is 2.59. The Balaban J connectivity index is 1.98. The molecule has 0 radical (unpaired) electrons. The Labute approximate surface area is 119 Å². The lowest BCUT2D eigenvalue weighted by atomic mass is 10.1. The van der Waals surface area contributed by atoms with Gasteiger partial charge in [-0.1, -0.05) is 43.3 Å². The van der Waals surface area contributed by atoms with Crippen molar-refractivity contribution < 1.29 is 4.42 Å². The van der Waals surface area contributed by atoms with Crippen LogP contribution in [-0.2, 0) is 0 Å². The van der Waals surface area contributed by atoms with Crippen molar-refractivity contribution in [3.63, 3.8) is 0 Å². The summed E-state index contributed by atoms with van der Waals surface area (Å²) in [5.41, 5.74) is 1.13. The van der Waals surface area contributed by atoms with Crippen molar-refractivity contribution in [1.29, 1.82) is 0 Å². The van der Waals surface area contributed by atoms with E-state index in [1.165, 1.54) is 10.8 Å². The van der Waals surface area contributed by atoms with Crippen molar-refractivity contribution in [3.05, 3.63) is 60.4 Å². The Morgan fingerprint density at radius 2 is 1.80 bits per heavy atom. The zero-order valence-corrected chi connectivity index (χ0v) is 11.9. The second kappa shape index (κ2) is 5.51. The van der Waals surface area contributed by atoms with Gasteiger partial charge in [0.2, 0.25) is 0 Å². The molecular weight excluding hydrogens is 246 g/mol. The molecule has 20 heavy (non-hydrogen) atoms. The van der Waals surface area contributed by atoms with E-state index in [2.05, 4.69) is 66.8 Å². The predicted octanol–water partition coefficient (Wildman–Crippen LogP) is 4.77. The number of nitrogens with one attached hydrogen (secondary N) is 1. The molecule has 1 atom stereocenters. The molecule has 0 aliphatic rings. The minimum atomic E-state index is 0.282. The van der Waals surface area contributed by atoms with Crippen LogP contribution in [0, 0.1) is 0 Å². The number of rotatable bonds is 4. The van der Waals surface area contributed by atoms with E-state index in [1.807, 2.05) is 7.05 Å². The van der Waals surface area contributed by atoms with E-state index in [-0.39, 0.29) is 6.04 Å². The largest absolute Gasteiger partial charge is 0.459 e. The van der Waals surface area contributed by atoms with Crippen molar-refractivity contribution in [1.82, 2.24) is 5.32 Å². The SMILES string of the molecule is CCC(NC)c1ccc(-c2ccc3ccccc3c2)o1. The van der Waals surface area contributed by atoms with Crippen LogP contribution in [0.1, 0.15) is 25.1 Å². The van der Waals surface area contributed by atoms with Crippen LogP contribution in [0.4, 0.5) is 0 Å². The fraction of sp³-hybridized carbons (Fsp3) is 0.222. The monoisotopic (exact) mass is 265 g/mol. The van der Waals surface area contributed by atoms with Crippen molar-refractivity contribution in [2.45, 2.75) is 19.4 Å². The summed E-state index contributed by atoms with van der Waals surface area (Å²) < 4.78 is 6.00. The van der Waals surface area contributed by atoms with Gasteiger partial charge >= 0.3 is 0 Å². The quantitative estimate of drug-likeness (QED) is 0.735. The highest BCUT2D eigenvalue weighted by Gasteiger charge is 2.12. The van der Waals surface area contributed by atoms with E-state index in [4.69, 9.17) is 4.42 Å². The molecule has 0 amide bonds. The lowest BCUT2D eigenvalue weighted by Crippen LogP contribution is -2.14. The highest BCUT2D eigenvalue weighted by molar-refractivity contribution is 5.86. The zero-order chi connectivity index (χ0) is 13.9. The van der Waals surface area contributed by atoms with Gasteiger partial charge in [-0.25, -0.2) is 0 Å². The molecule has 1 N–H and O–H groups in total. The molecule has 102 valence electrons. The maximum atomic E-state index is 6.00. The number of furan rings is 1. The molecule has 2 heteroatoms. The zero-order valence-electron chi connectivity index (χ0n) is 11.9. The summed E-state index contributed by atoms with van der Waals surface area (Å²) >= 11 is 0. The molecule has 0 fully saturated rings. The van der Waals surface area contributed by atoms with Gasteiger partial charge in [0.15, 0.2) is 0 Å². The van der Waals surface area contributed by atoms with E-state index >= 15 is 0 Å². The van der Waals surface area contributed by atoms with Gasteiger partial charge in [-0.2, -0.15) is 0 Å². The van der Waals surface area contributed by atoms with Crippen LogP contribution >= 0.6 is 0 Å². The Kier molecular flexibility index (Phi) is 3.57. The Hall–Kier alpha value is -2.06. The van der Waals surface area contributed by atoms with E-state index < -0.39 is 0 Å². The van der Waals surface area contributed by atoms with Gasteiger partial charge in [-0.05, 0) is 42.4 Å². The summed E-state index contributed by atoms with van der Waals surface area (Å²) in [5.74, 6) is 1.93. The van der Waals surface area contributed by atoms with Crippen LogP contribution in [0.25, 0.3) is 22.1 Å². The Morgan fingerprint density at radius 3 is 2.55 bits per heavy atom. The van der Waals surface area contributed by atoms with Gasteiger partial charge in [0.1, 0.15) is 11.5 Å². The van der Waals surface area contributed by atoms with Gasteiger partial charge in [0.25, 0.3) is 0 Å². The van der Waals surface area contributed by atoms with Crippen molar-refractivity contribution in [2.75, 3.05) is 7.05 Å². The maximum absolute atomic E-state index is 6.00. The highest BCUT2D eigenvalue weighted by atomic mass is 16.3. The smallest absolute Gasteiger partial charge is 0.134 e. The molecule has 0 saturated heterocycles. The molecule has 3 rings (SSSR count). The second-order valence-corrected chi connectivity index (χ2v) is 5.01. The lowest BCUT2D eigenvalue weighted by Gasteiger charge is -2.10. The molecule has 1 aromatic heterocycles. The minimum absolute atomic E-state index is 0.282. The minimum Gasteiger partial charge on any atom is -0.459 e. The summed E-state index contributed by atoms with van der Waals surface area (Å²) in [4.78, 5) is 0. The molecule has 0 aliphatic heterocycles.